The Bertz CT molecular complexity index is 1160. The van der Waals surface area contributed by atoms with Crippen molar-refractivity contribution < 1.29 is 17.9 Å². The SMILES string of the molecule is CCOC(=O)[C@@H]1CCCN(c2c(S(=O)(=O)c3ccccc3)cnc3ccccc23)C1. The van der Waals surface area contributed by atoms with Crippen LogP contribution < -0.4 is 4.90 Å². The number of aromatic nitrogens is 1. The highest BCUT2D eigenvalue weighted by molar-refractivity contribution is 7.91. The minimum absolute atomic E-state index is 0.164. The van der Waals surface area contributed by atoms with Gasteiger partial charge < -0.3 is 9.64 Å². The number of anilines is 1. The molecule has 7 heteroatoms. The molecular weight excluding hydrogens is 400 g/mol. The summed E-state index contributed by atoms with van der Waals surface area (Å²) in [5, 5.41) is 0.763. The molecule has 6 nitrogen and oxygen atoms in total. The summed E-state index contributed by atoms with van der Waals surface area (Å²) < 4.78 is 32.2. The Morgan fingerprint density at radius 3 is 2.63 bits per heavy atom. The molecule has 1 aromatic heterocycles. The van der Waals surface area contributed by atoms with Gasteiger partial charge >= 0.3 is 5.97 Å². The Hall–Kier alpha value is -2.93. The second-order valence-electron chi connectivity index (χ2n) is 7.34. The lowest BCUT2D eigenvalue weighted by Gasteiger charge is -2.35. The first-order chi connectivity index (χ1) is 14.5. The van der Waals surface area contributed by atoms with Crippen molar-refractivity contribution in [1.82, 2.24) is 4.98 Å². The van der Waals surface area contributed by atoms with Crippen LogP contribution in [0.2, 0.25) is 0 Å². The van der Waals surface area contributed by atoms with Crippen LogP contribution in [0.15, 0.2) is 70.6 Å². The van der Waals surface area contributed by atoms with E-state index in [1.165, 1.54) is 6.20 Å². The van der Waals surface area contributed by atoms with E-state index < -0.39 is 9.84 Å². The molecule has 156 valence electrons. The number of sulfone groups is 1. The molecule has 2 aromatic carbocycles. The monoisotopic (exact) mass is 424 g/mol. The summed E-state index contributed by atoms with van der Waals surface area (Å²) in [6, 6.07) is 15.9. The summed E-state index contributed by atoms with van der Waals surface area (Å²) >= 11 is 0. The van der Waals surface area contributed by atoms with Gasteiger partial charge in [0.15, 0.2) is 0 Å². The van der Waals surface area contributed by atoms with Crippen LogP contribution in [-0.4, -0.2) is 39.1 Å². The van der Waals surface area contributed by atoms with E-state index >= 15 is 0 Å². The van der Waals surface area contributed by atoms with Gasteiger partial charge in [0.2, 0.25) is 9.84 Å². The van der Waals surface area contributed by atoms with Crippen LogP contribution in [0.3, 0.4) is 0 Å². The third kappa shape index (κ3) is 3.77. The van der Waals surface area contributed by atoms with Crippen LogP contribution in [0.5, 0.6) is 0 Å². The fourth-order valence-electron chi connectivity index (χ4n) is 3.99. The quantitative estimate of drug-likeness (QED) is 0.579. The molecule has 2 heterocycles. The number of carbonyl (C=O) groups excluding carboxylic acids is 1. The Kier molecular flexibility index (Phi) is 5.72. The fraction of sp³-hybridized carbons (Fsp3) is 0.304. The average Bonchev–Trinajstić information content (AvgIpc) is 2.79. The van der Waals surface area contributed by atoms with Crippen molar-refractivity contribution in [3.8, 4) is 0 Å². The van der Waals surface area contributed by atoms with Crippen molar-refractivity contribution in [1.29, 1.82) is 0 Å². The molecule has 0 N–H and O–H groups in total. The number of esters is 1. The van der Waals surface area contributed by atoms with Crippen molar-refractivity contribution >= 4 is 32.4 Å². The van der Waals surface area contributed by atoms with E-state index in [0.717, 1.165) is 23.7 Å². The highest BCUT2D eigenvalue weighted by Crippen LogP contribution is 2.37. The van der Waals surface area contributed by atoms with Crippen LogP contribution in [0.1, 0.15) is 19.8 Å². The van der Waals surface area contributed by atoms with Crippen molar-refractivity contribution in [2.75, 3.05) is 24.6 Å². The number of hydrogen-bond donors (Lipinski definition) is 0. The largest absolute Gasteiger partial charge is 0.466 e. The van der Waals surface area contributed by atoms with Crippen LogP contribution >= 0.6 is 0 Å². The van der Waals surface area contributed by atoms with Crippen molar-refractivity contribution in [2.45, 2.75) is 29.6 Å². The number of piperidine rings is 1. The summed E-state index contributed by atoms with van der Waals surface area (Å²) in [7, 11) is -3.78. The molecule has 1 saturated heterocycles. The Morgan fingerprint density at radius 2 is 1.87 bits per heavy atom. The van der Waals surface area contributed by atoms with Gasteiger partial charge in [-0.05, 0) is 38.0 Å². The number of hydrogen-bond acceptors (Lipinski definition) is 6. The molecule has 0 bridgehead atoms. The minimum Gasteiger partial charge on any atom is -0.466 e. The van der Waals surface area contributed by atoms with Gasteiger partial charge in [0.25, 0.3) is 0 Å². The first kappa shape index (κ1) is 20.3. The lowest BCUT2D eigenvalue weighted by Crippen LogP contribution is -2.40. The molecule has 1 aliphatic heterocycles. The van der Waals surface area contributed by atoms with Gasteiger partial charge in [0.1, 0.15) is 4.90 Å². The molecule has 1 aliphatic rings. The van der Waals surface area contributed by atoms with E-state index in [2.05, 4.69) is 4.98 Å². The fourth-order valence-corrected chi connectivity index (χ4v) is 5.45. The van der Waals surface area contributed by atoms with Crippen molar-refractivity contribution in [3.63, 3.8) is 0 Å². The number of ether oxygens (including phenoxy) is 1. The molecule has 0 amide bonds. The van der Waals surface area contributed by atoms with E-state index in [9.17, 15) is 13.2 Å². The zero-order chi connectivity index (χ0) is 21.1. The van der Waals surface area contributed by atoms with Gasteiger partial charge in [-0.1, -0.05) is 36.4 Å². The Labute approximate surface area is 176 Å². The predicted molar refractivity (Wildman–Crippen MR) is 115 cm³/mol. The van der Waals surface area contributed by atoms with E-state index in [1.54, 1.807) is 37.3 Å². The lowest BCUT2D eigenvalue weighted by molar-refractivity contribution is -0.148. The number of fused-ring (bicyclic) bond motifs is 1. The third-order valence-corrected chi connectivity index (χ3v) is 7.18. The minimum atomic E-state index is -3.78. The van der Waals surface area contributed by atoms with Gasteiger partial charge in [-0.2, -0.15) is 0 Å². The zero-order valence-corrected chi connectivity index (χ0v) is 17.6. The number of nitrogens with zero attached hydrogens (tertiary/aromatic N) is 2. The molecule has 0 unspecified atom stereocenters. The average molecular weight is 425 g/mol. The predicted octanol–water partition coefficient (Wildman–Crippen LogP) is 3.85. The van der Waals surface area contributed by atoms with Gasteiger partial charge in [-0.25, -0.2) is 8.42 Å². The first-order valence-corrected chi connectivity index (χ1v) is 11.6. The summed E-state index contributed by atoms with van der Waals surface area (Å²) in [6.45, 7) is 3.21. The smallest absolute Gasteiger partial charge is 0.310 e. The Morgan fingerprint density at radius 1 is 1.13 bits per heavy atom. The highest BCUT2D eigenvalue weighted by atomic mass is 32.2. The maximum absolute atomic E-state index is 13.5. The van der Waals surface area contributed by atoms with Crippen molar-refractivity contribution in [3.05, 3.63) is 60.8 Å². The summed E-state index contributed by atoms with van der Waals surface area (Å²) in [6.07, 6.45) is 2.96. The molecule has 0 spiro atoms. The summed E-state index contributed by atoms with van der Waals surface area (Å²) in [5.74, 6) is -0.508. The molecule has 4 rings (SSSR count). The molecule has 0 aliphatic carbocycles. The van der Waals surface area contributed by atoms with Crippen LogP contribution in [0, 0.1) is 5.92 Å². The maximum atomic E-state index is 13.5. The van der Waals surface area contributed by atoms with Gasteiger partial charge in [-0.15, -0.1) is 0 Å². The summed E-state index contributed by atoms with van der Waals surface area (Å²) in [5.41, 5.74) is 1.33. The normalized spacial score (nSPS) is 17.1. The van der Waals surface area contributed by atoms with E-state index in [-0.39, 0.29) is 21.7 Å². The summed E-state index contributed by atoms with van der Waals surface area (Å²) in [4.78, 5) is 19.2. The van der Waals surface area contributed by atoms with Gasteiger partial charge in [0, 0.05) is 24.7 Å². The molecule has 3 aromatic rings. The van der Waals surface area contributed by atoms with E-state index in [4.69, 9.17) is 4.74 Å². The molecule has 1 atom stereocenters. The molecule has 0 radical (unpaired) electrons. The number of benzene rings is 2. The molecule has 30 heavy (non-hydrogen) atoms. The lowest BCUT2D eigenvalue weighted by atomic mass is 9.97. The molecule has 0 saturated carbocycles. The number of carbonyl (C=O) groups is 1. The molecular formula is C23H24N2O4S. The second-order valence-corrected chi connectivity index (χ2v) is 9.26. The maximum Gasteiger partial charge on any atom is 0.310 e. The third-order valence-electron chi connectivity index (χ3n) is 5.41. The number of para-hydroxylation sites is 1. The van der Waals surface area contributed by atoms with Crippen LogP contribution in [-0.2, 0) is 19.4 Å². The second kappa shape index (κ2) is 8.44. The topological polar surface area (TPSA) is 76.6 Å². The number of pyridine rings is 1. The highest BCUT2D eigenvalue weighted by Gasteiger charge is 2.32. The van der Waals surface area contributed by atoms with E-state index in [0.29, 0.717) is 25.4 Å². The van der Waals surface area contributed by atoms with E-state index in [1.807, 2.05) is 29.2 Å². The standard InChI is InChI=1S/C23H24N2O4S/c1-2-29-23(26)17-9-8-14-25(16-17)22-19-12-6-7-13-20(19)24-15-21(22)30(27,28)18-10-4-3-5-11-18/h3-7,10-13,15,17H,2,8-9,14,16H2,1H3/t17-/m1/s1. The molecule has 1 fully saturated rings. The number of rotatable bonds is 5. The van der Waals surface area contributed by atoms with Crippen LogP contribution in [0.25, 0.3) is 10.9 Å². The van der Waals surface area contributed by atoms with Crippen LogP contribution in [0.4, 0.5) is 5.69 Å². The van der Waals surface area contributed by atoms with Gasteiger partial charge in [0.05, 0.1) is 28.6 Å². The Balaban J connectivity index is 1.86. The zero-order valence-electron chi connectivity index (χ0n) is 16.8. The van der Waals surface area contributed by atoms with Crippen molar-refractivity contribution in [2.24, 2.45) is 5.92 Å². The first-order valence-electron chi connectivity index (χ1n) is 10.1. The van der Waals surface area contributed by atoms with Gasteiger partial charge in [-0.3, -0.25) is 9.78 Å².